The van der Waals surface area contributed by atoms with Gasteiger partial charge in [0, 0.05) is 11.5 Å². The van der Waals surface area contributed by atoms with Crippen LogP contribution in [0.1, 0.15) is 52.3 Å². The average molecular weight is 557 g/mol. The second-order valence-electron chi connectivity index (χ2n) is 10.8. The largest absolute Gasteiger partial charge is 0.463 e. The van der Waals surface area contributed by atoms with Crippen molar-refractivity contribution >= 4 is 23.3 Å². The van der Waals surface area contributed by atoms with E-state index in [-0.39, 0.29) is 6.61 Å². The molecule has 2 heterocycles. The molecule has 0 fully saturated rings. The van der Waals surface area contributed by atoms with Crippen LogP contribution in [-0.2, 0) is 19.2 Å². The zero-order chi connectivity index (χ0) is 29.3. The predicted molar refractivity (Wildman–Crippen MR) is 162 cm³/mol. The first-order valence-corrected chi connectivity index (χ1v) is 14.2. The minimum Gasteiger partial charge on any atom is -0.463 e. The lowest BCUT2D eigenvalue weighted by Gasteiger charge is -2.47. The van der Waals surface area contributed by atoms with Gasteiger partial charge >= 0.3 is 11.9 Å². The van der Waals surface area contributed by atoms with E-state index in [0.29, 0.717) is 17.0 Å². The van der Waals surface area contributed by atoms with Gasteiger partial charge in [0.25, 0.3) is 0 Å². The molecule has 0 unspecified atom stereocenters. The summed E-state index contributed by atoms with van der Waals surface area (Å²) in [4.78, 5) is 34.3. The zero-order valence-corrected chi connectivity index (χ0v) is 23.8. The Kier molecular flexibility index (Phi) is 7.21. The molecule has 2 aliphatic rings. The first-order chi connectivity index (χ1) is 20.4. The fourth-order valence-corrected chi connectivity index (χ4v) is 6.35. The second kappa shape index (κ2) is 11.1. The summed E-state index contributed by atoms with van der Waals surface area (Å²) >= 11 is 0. The van der Waals surface area contributed by atoms with Crippen LogP contribution >= 0.6 is 0 Å². The van der Waals surface area contributed by atoms with Gasteiger partial charge in [-0.3, -0.25) is 0 Å². The first kappa shape index (κ1) is 27.2. The van der Waals surface area contributed by atoms with E-state index in [4.69, 9.17) is 9.57 Å². The van der Waals surface area contributed by atoms with Crippen LogP contribution in [0.25, 0.3) is 5.70 Å². The van der Waals surface area contributed by atoms with E-state index in [9.17, 15) is 9.59 Å². The van der Waals surface area contributed by atoms with E-state index < -0.39 is 29.3 Å². The highest BCUT2D eigenvalue weighted by molar-refractivity contribution is 6.21. The van der Waals surface area contributed by atoms with Crippen molar-refractivity contribution in [1.82, 2.24) is 5.32 Å². The van der Waals surface area contributed by atoms with Gasteiger partial charge in [-0.25, -0.2) is 9.59 Å². The number of esters is 1. The molecule has 1 N–H and O–H groups in total. The lowest BCUT2D eigenvalue weighted by molar-refractivity contribution is -0.151. The molecule has 6 nitrogen and oxygen atoms in total. The van der Waals surface area contributed by atoms with Gasteiger partial charge in [-0.2, -0.15) is 0 Å². The summed E-state index contributed by atoms with van der Waals surface area (Å²) < 4.78 is 5.73. The first-order valence-electron chi connectivity index (χ1n) is 14.2. The summed E-state index contributed by atoms with van der Waals surface area (Å²) in [5, 5.41) is 8.13. The third kappa shape index (κ3) is 4.49. The number of carbonyl (C=O) groups is 2. The van der Waals surface area contributed by atoms with Gasteiger partial charge in [0.1, 0.15) is 5.71 Å². The van der Waals surface area contributed by atoms with Crippen molar-refractivity contribution < 1.29 is 19.2 Å². The minimum absolute atomic E-state index is 0.184. The molecule has 0 radical (unpaired) electrons. The second-order valence-corrected chi connectivity index (χ2v) is 10.8. The molecule has 4 aromatic rings. The molecule has 0 aliphatic carbocycles. The Balaban J connectivity index is 1.76. The van der Waals surface area contributed by atoms with Crippen molar-refractivity contribution in [2.24, 2.45) is 10.6 Å². The SMILES string of the molecule is CCOC(=O)C1=C(c2ccccc2)N[C@H](c2cccc(C)c2)[C@]2(C(=O)ON=C2c2ccccc2)[C@@H]1c1cccc(C)c1. The lowest BCUT2D eigenvalue weighted by Crippen LogP contribution is -2.55. The van der Waals surface area contributed by atoms with Gasteiger partial charge in [0.15, 0.2) is 5.41 Å². The van der Waals surface area contributed by atoms with Gasteiger partial charge in [-0.05, 0) is 37.5 Å². The van der Waals surface area contributed by atoms with E-state index in [1.54, 1.807) is 6.92 Å². The molecule has 0 saturated heterocycles. The fourth-order valence-electron chi connectivity index (χ4n) is 6.35. The number of nitrogens with zero attached hydrogens (tertiary/aromatic N) is 1. The summed E-state index contributed by atoms with van der Waals surface area (Å²) in [6, 6.07) is 34.7. The Bertz CT molecular complexity index is 1710. The van der Waals surface area contributed by atoms with Crippen molar-refractivity contribution in [3.8, 4) is 0 Å². The molecular weight excluding hydrogens is 524 g/mol. The number of oxime groups is 1. The van der Waals surface area contributed by atoms with E-state index in [1.807, 2.05) is 117 Å². The topological polar surface area (TPSA) is 77.0 Å². The van der Waals surface area contributed by atoms with Crippen LogP contribution < -0.4 is 5.32 Å². The van der Waals surface area contributed by atoms with Crippen LogP contribution in [0, 0.1) is 19.3 Å². The maximum absolute atomic E-state index is 14.5. The number of aryl methyl sites for hydroxylation is 2. The molecule has 0 amide bonds. The van der Waals surface area contributed by atoms with E-state index in [1.165, 1.54) is 0 Å². The smallest absolute Gasteiger partial charge is 0.350 e. The highest BCUT2D eigenvalue weighted by Gasteiger charge is 2.66. The minimum atomic E-state index is -1.44. The molecule has 0 bridgehead atoms. The van der Waals surface area contributed by atoms with Gasteiger partial charge in [0.2, 0.25) is 0 Å². The predicted octanol–water partition coefficient (Wildman–Crippen LogP) is 6.65. The molecule has 1 spiro atoms. The van der Waals surface area contributed by atoms with Crippen molar-refractivity contribution in [2.75, 3.05) is 6.61 Å². The van der Waals surface area contributed by atoms with Crippen LogP contribution in [-0.4, -0.2) is 24.3 Å². The van der Waals surface area contributed by atoms with Crippen LogP contribution in [0.2, 0.25) is 0 Å². The number of rotatable bonds is 6. The van der Waals surface area contributed by atoms with Crippen LogP contribution in [0.5, 0.6) is 0 Å². The molecule has 6 rings (SSSR count). The molecule has 4 aromatic carbocycles. The Labute approximate surface area is 245 Å². The monoisotopic (exact) mass is 556 g/mol. The number of hydrogen-bond donors (Lipinski definition) is 1. The third-order valence-corrected chi connectivity index (χ3v) is 8.06. The Hall–Kier alpha value is -4.97. The summed E-state index contributed by atoms with van der Waals surface area (Å²) in [6.07, 6.45) is 0. The van der Waals surface area contributed by atoms with E-state index in [2.05, 4.69) is 16.5 Å². The quantitative estimate of drug-likeness (QED) is 0.212. The molecule has 2 aliphatic heterocycles. The van der Waals surface area contributed by atoms with Crippen molar-refractivity contribution in [3.63, 3.8) is 0 Å². The van der Waals surface area contributed by atoms with E-state index >= 15 is 0 Å². The van der Waals surface area contributed by atoms with Gasteiger partial charge in [-0.15, -0.1) is 0 Å². The van der Waals surface area contributed by atoms with Crippen LogP contribution in [0.15, 0.2) is 120 Å². The number of carbonyl (C=O) groups excluding carboxylic acids is 2. The maximum atomic E-state index is 14.5. The summed E-state index contributed by atoms with van der Waals surface area (Å²) in [7, 11) is 0. The highest BCUT2D eigenvalue weighted by Crippen LogP contribution is 2.59. The van der Waals surface area contributed by atoms with E-state index in [0.717, 1.165) is 33.4 Å². The van der Waals surface area contributed by atoms with Crippen molar-refractivity contribution in [3.05, 3.63) is 148 Å². The number of nitrogens with one attached hydrogen (secondary N) is 1. The third-order valence-electron chi connectivity index (χ3n) is 8.06. The van der Waals surface area contributed by atoms with Crippen molar-refractivity contribution in [1.29, 1.82) is 0 Å². The average Bonchev–Trinajstić information content (AvgIpc) is 3.34. The van der Waals surface area contributed by atoms with Crippen LogP contribution in [0.4, 0.5) is 0 Å². The lowest BCUT2D eigenvalue weighted by atomic mass is 9.57. The van der Waals surface area contributed by atoms with Gasteiger partial charge < -0.3 is 14.9 Å². The number of hydrogen-bond acceptors (Lipinski definition) is 6. The Morgan fingerprint density at radius 1 is 0.833 bits per heavy atom. The van der Waals surface area contributed by atoms with Crippen molar-refractivity contribution in [2.45, 2.75) is 32.7 Å². The van der Waals surface area contributed by atoms with Crippen LogP contribution in [0.3, 0.4) is 0 Å². The molecule has 210 valence electrons. The zero-order valence-electron chi connectivity index (χ0n) is 23.8. The molecular formula is C36H32N2O4. The molecule has 6 heteroatoms. The summed E-state index contributed by atoms with van der Waals surface area (Å²) in [5.74, 6) is -1.81. The molecule has 42 heavy (non-hydrogen) atoms. The maximum Gasteiger partial charge on any atom is 0.350 e. The normalized spacial score (nSPS) is 21.5. The molecule has 0 aromatic heterocycles. The molecule has 0 saturated carbocycles. The Morgan fingerprint density at radius 2 is 1.43 bits per heavy atom. The summed E-state index contributed by atoms with van der Waals surface area (Å²) in [5.41, 5.74) is 5.28. The Morgan fingerprint density at radius 3 is 2.05 bits per heavy atom. The van der Waals surface area contributed by atoms with Gasteiger partial charge in [-0.1, -0.05) is 125 Å². The fraction of sp³-hybridized carbons (Fsp3) is 0.194. The number of ether oxygens (including phenoxy) is 1. The summed E-state index contributed by atoms with van der Waals surface area (Å²) in [6.45, 7) is 5.99. The number of benzene rings is 4. The highest BCUT2D eigenvalue weighted by atomic mass is 16.7. The molecule has 3 atom stereocenters. The van der Waals surface area contributed by atoms with Gasteiger partial charge in [0.05, 0.1) is 23.9 Å². The standard InChI is InChI=1S/C36H32N2O4/c1-4-41-34(39)29-30(27-19-11-13-23(2)21-27)36(33(38-42-35(36)40)26-17-9-6-10-18-26)32(28-20-12-14-24(3)22-28)37-31(29)25-15-7-5-8-16-25/h5-22,30,32,37H,4H2,1-3H3/t30-,32-,36-/m1/s1.